The summed E-state index contributed by atoms with van der Waals surface area (Å²) in [5.41, 5.74) is 3.23. The van der Waals surface area contributed by atoms with Crippen LogP contribution in [-0.4, -0.2) is 129 Å². The molecule has 0 aromatic heterocycles. The van der Waals surface area contributed by atoms with Crippen molar-refractivity contribution in [3.63, 3.8) is 0 Å². The minimum Gasteiger partial charge on any atom is -0.364 e. The SMILES string of the molecule is CC1(C)C(=CC=C(C=CC2N(CCCCS(=O)(=O)O)c3ccc4c(S(=O)(=O)O)cc(S(=O)(=O)O)cc4c3C2(C)C)c2cccc(CCCCC(=O)NCCN3C(=O)C=CC3=O)c2)N=C2C1=CC(Cl)=CN2CCCCS(=O)(=O)O. The number of halogens is 1. The second kappa shape index (κ2) is 23.5. The molecule has 78 heavy (non-hydrogen) atoms. The van der Waals surface area contributed by atoms with Crippen molar-refractivity contribution in [2.45, 2.75) is 100 Å². The molecule has 1 unspecified atom stereocenters. The zero-order valence-electron chi connectivity index (χ0n) is 43.3. The van der Waals surface area contributed by atoms with Crippen LogP contribution in [-0.2, 0) is 66.7 Å². The summed E-state index contributed by atoms with van der Waals surface area (Å²) in [5.74, 6) is -1.36. The van der Waals surface area contributed by atoms with Gasteiger partial charge in [0.1, 0.15) is 10.7 Å². The Kier molecular flexibility index (Phi) is 18.0. The van der Waals surface area contributed by atoms with Crippen molar-refractivity contribution >= 4 is 97.7 Å². The lowest BCUT2D eigenvalue weighted by atomic mass is 9.78. The molecular formula is C53H62ClN5O15S4. The van der Waals surface area contributed by atoms with Crippen LogP contribution in [0, 0.1) is 5.41 Å². The Labute approximate surface area is 460 Å². The van der Waals surface area contributed by atoms with Crippen LogP contribution in [0.5, 0.6) is 0 Å². The highest BCUT2D eigenvalue weighted by atomic mass is 35.5. The predicted octanol–water partition coefficient (Wildman–Crippen LogP) is 7.17. The molecule has 5 N–H and O–H groups in total. The van der Waals surface area contributed by atoms with Gasteiger partial charge >= 0.3 is 0 Å². The first-order valence-corrected chi connectivity index (χ1v) is 31.5. The van der Waals surface area contributed by atoms with Crippen LogP contribution in [0.1, 0.15) is 89.3 Å². The summed E-state index contributed by atoms with van der Waals surface area (Å²) in [5, 5.41) is 3.31. The number of benzene rings is 3. The number of amidine groups is 1. The highest BCUT2D eigenvalue weighted by Gasteiger charge is 2.45. The Morgan fingerprint density at radius 3 is 2.09 bits per heavy atom. The Morgan fingerprint density at radius 2 is 1.45 bits per heavy atom. The number of allylic oxidation sites excluding steroid dienone is 7. The lowest BCUT2D eigenvalue weighted by Gasteiger charge is -2.33. The van der Waals surface area contributed by atoms with Gasteiger partial charge in [-0.1, -0.05) is 87.9 Å². The van der Waals surface area contributed by atoms with Gasteiger partial charge in [0.2, 0.25) is 5.91 Å². The maximum Gasteiger partial charge on any atom is 0.295 e. The highest BCUT2D eigenvalue weighted by molar-refractivity contribution is 7.87. The first-order valence-electron chi connectivity index (χ1n) is 25.0. The molecule has 4 heterocycles. The molecule has 3 aromatic carbocycles. The van der Waals surface area contributed by atoms with Crippen molar-refractivity contribution in [3.8, 4) is 0 Å². The van der Waals surface area contributed by atoms with Crippen LogP contribution in [0.4, 0.5) is 5.69 Å². The monoisotopic (exact) mass is 1170 g/mol. The van der Waals surface area contributed by atoms with Crippen LogP contribution in [0.3, 0.4) is 0 Å². The molecule has 0 fully saturated rings. The molecule has 0 bridgehead atoms. The van der Waals surface area contributed by atoms with E-state index in [1.165, 1.54) is 18.2 Å². The number of hydrogen-bond donors (Lipinski definition) is 5. The van der Waals surface area contributed by atoms with Gasteiger partial charge < -0.3 is 15.1 Å². The molecule has 25 heteroatoms. The average Bonchev–Trinajstić information content (AvgIpc) is 4.11. The number of anilines is 1. The van der Waals surface area contributed by atoms with Crippen LogP contribution in [0.25, 0.3) is 16.3 Å². The van der Waals surface area contributed by atoms with Crippen molar-refractivity contribution in [2.24, 2.45) is 10.4 Å². The summed E-state index contributed by atoms with van der Waals surface area (Å²) < 4.78 is 137. The third-order valence-corrected chi connectivity index (χ3v) is 17.7. The summed E-state index contributed by atoms with van der Waals surface area (Å²) in [7, 11) is -18.5. The van der Waals surface area contributed by atoms with Gasteiger partial charge in [-0.15, -0.1) is 0 Å². The molecule has 0 saturated carbocycles. The van der Waals surface area contributed by atoms with E-state index < -0.39 is 90.5 Å². The predicted molar refractivity (Wildman–Crippen MR) is 297 cm³/mol. The van der Waals surface area contributed by atoms with Crippen molar-refractivity contribution in [1.82, 2.24) is 15.1 Å². The van der Waals surface area contributed by atoms with E-state index >= 15 is 0 Å². The van der Waals surface area contributed by atoms with Gasteiger partial charge in [-0.25, -0.2) is 4.99 Å². The van der Waals surface area contributed by atoms with Gasteiger partial charge in [-0.2, -0.15) is 33.7 Å². The number of fused-ring (bicyclic) bond motifs is 4. The lowest BCUT2D eigenvalue weighted by Crippen LogP contribution is -2.40. The number of nitrogens with one attached hydrogen (secondary N) is 1. The molecule has 420 valence electrons. The van der Waals surface area contributed by atoms with Gasteiger partial charge in [-0.05, 0) is 103 Å². The molecule has 1 atom stereocenters. The van der Waals surface area contributed by atoms with Crippen LogP contribution in [0.2, 0.25) is 0 Å². The molecule has 4 aliphatic heterocycles. The summed E-state index contributed by atoms with van der Waals surface area (Å²) in [6.07, 6.45) is 16.5. The van der Waals surface area contributed by atoms with E-state index in [2.05, 4.69) is 5.32 Å². The van der Waals surface area contributed by atoms with Crippen LogP contribution >= 0.6 is 11.6 Å². The topological polar surface area (TPSA) is 303 Å². The Morgan fingerprint density at radius 1 is 0.782 bits per heavy atom. The third kappa shape index (κ3) is 14.3. The first kappa shape index (κ1) is 59.8. The van der Waals surface area contributed by atoms with E-state index in [1.54, 1.807) is 12.3 Å². The van der Waals surface area contributed by atoms with Crippen molar-refractivity contribution < 1.29 is 66.3 Å². The highest BCUT2D eigenvalue weighted by Crippen LogP contribution is 2.51. The summed E-state index contributed by atoms with van der Waals surface area (Å²) in [6, 6.07) is 12.1. The minimum absolute atomic E-state index is 0.00682. The van der Waals surface area contributed by atoms with Gasteiger partial charge in [-0.3, -0.25) is 37.5 Å². The molecule has 3 amide bonds. The largest absolute Gasteiger partial charge is 0.364 e. The Bertz CT molecular complexity index is 3600. The molecule has 0 aliphatic carbocycles. The molecule has 7 rings (SSSR count). The molecule has 0 saturated heterocycles. The van der Waals surface area contributed by atoms with Crippen molar-refractivity contribution in [2.75, 3.05) is 42.6 Å². The molecule has 4 aliphatic rings. The second-order valence-electron chi connectivity index (χ2n) is 20.6. The fourth-order valence-corrected chi connectivity index (χ4v) is 12.9. The maximum atomic E-state index is 12.8. The first-order chi connectivity index (χ1) is 36.3. The van der Waals surface area contributed by atoms with Crippen LogP contribution in [0.15, 0.2) is 128 Å². The van der Waals surface area contributed by atoms with Gasteiger partial charge in [0.15, 0.2) is 0 Å². The summed E-state index contributed by atoms with van der Waals surface area (Å²) in [6.45, 7) is 8.48. The Hall–Kier alpha value is -5.83. The van der Waals surface area contributed by atoms with Gasteiger partial charge in [0.05, 0.1) is 33.2 Å². The minimum atomic E-state index is -5.04. The smallest absolute Gasteiger partial charge is 0.295 e. The number of aryl methyl sites for hydroxylation is 1. The van der Waals surface area contributed by atoms with Crippen molar-refractivity contribution in [1.29, 1.82) is 0 Å². The number of nitrogens with zero attached hydrogens (tertiary/aromatic N) is 4. The van der Waals surface area contributed by atoms with Gasteiger partial charge in [0.25, 0.3) is 52.3 Å². The Balaban J connectivity index is 1.26. The third-order valence-electron chi connectivity index (χ3n) is 14.2. The number of rotatable bonds is 24. The number of amides is 3. The fraction of sp³-hybridized carbons (Fsp3) is 0.396. The van der Waals surface area contributed by atoms with Gasteiger partial charge in [0, 0.05) is 78.4 Å². The zero-order valence-corrected chi connectivity index (χ0v) is 47.3. The normalized spacial score (nSPS) is 19.0. The summed E-state index contributed by atoms with van der Waals surface area (Å²) >= 11 is 6.64. The molecule has 0 radical (unpaired) electrons. The number of carbonyl (C=O) groups excluding carboxylic acids is 3. The van der Waals surface area contributed by atoms with E-state index in [1.807, 2.05) is 92.1 Å². The molecule has 0 spiro atoms. The van der Waals surface area contributed by atoms with Crippen molar-refractivity contribution in [3.05, 3.63) is 130 Å². The quantitative estimate of drug-likeness (QED) is 0.0257. The zero-order chi connectivity index (χ0) is 57.2. The van der Waals surface area contributed by atoms with E-state index in [4.69, 9.17) is 16.6 Å². The molecule has 3 aromatic rings. The van der Waals surface area contributed by atoms with E-state index in [0.29, 0.717) is 71.7 Å². The van der Waals surface area contributed by atoms with E-state index in [-0.39, 0.29) is 62.0 Å². The average molecular weight is 1170 g/mol. The fourth-order valence-electron chi connectivity index (χ4n) is 10.2. The maximum absolute atomic E-state index is 12.8. The number of hydrogen-bond acceptors (Lipinski definition) is 14. The second-order valence-corrected chi connectivity index (χ2v) is 26.9. The number of carbonyl (C=O) groups is 3. The molecular weight excluding hydrogens is 1110 g/mol. The van der Waals surface area contributed by atoms with E-state index in [9.17, 15) is 66.3 Å². The standard InChI is InChI=1S/C53H62ClN5O15S4/c1-52(2)42-31-38(54)34-57(25-7-9-28-75(63,64)65)51(42)56-45(52)20-16-36(37-14-11-13-35(30-37)12-5-6-15-47(60)55-24-27-59-48(61)22-23-49(59)62)17-21-46-53(3,4)50-41-32-39(77(69,70)71)33-44(78(72,73)74)40(41)18-19-43(50)58(46)26-8-10-29-76(66,67)68/h11,13-14,16-23,30-34,46H,5-10,12,15,24-29H2,1-4H3,(H,55,60)(H,63,64,65)(H,66,67,68)(H,69,70,71)(H,72,73,74). The van der Waals surface area contributed by atoms with Crippen LogP contribution < -0.4 is 10.2 Å². The molecule has 20 nitrogen and oxygen atoms in total. The van der Waals surface area contributed by atoms with E-state index in [0.717, 1.165) is 27.7 Å². The summed E-state index contributed by atoms with van der Waals surface area (Å²) in [4.78, 5) is 44.9. The number of unbranched alkanes of at least 4 members (excludes halogenated alkanes) is 3. The number of imide groups is 1. The number of aliphatic imine (C=N–C) groups is 1. The lowest BCUT2D eigenvalue weighted by molar-refractivity contribution is -0.137.